The molecule has 182 valence electrons. The maximum atomic E-state index is 13.3. The summed E-state index contributed by atoms with van der Waals surface area (Å²) >= 11 is 0. The van der Waals surface area contributed by atoms with E-state index in [1.54, 1.807) is 6.20 Å². The smallest absolute Gasteiger partial charge is 0.163 e. The summed E-state index contributed by atoms with van der Waals surface area (Å²) in [6.07, 6.45) is 7.47. The minimum absolute atomic E-state index is 0.133. The predicted molar refractivity (Wildman–Crippen MR) is 140 cm³/mol. The van der Waals surface area contributed by atoms with Crippen LogP contribution in [0.2, 0.25) is 0 Å². The van der Waals surface area contributed by atoms with Gasteiger partial charge in [-0.3, -0.25) is 19.5 Å². The second-order valence-electron chi connectivity index (χ2n) is 10.4. The van der Waals surface area contributed by atoms with Crippen LogP contribution in [0.15, 0.2) is 72.0 Å². The number of aryl methyl sites for hydroxylation is 1. The lowest BCUT2D eigenvalue weighted by atomic mass is 9.75. The molecule has 36 heavy (non-hydrogen) atoms. The third-order valence-corrected chi connectivity index (χ3v) is 7.58. The molecule has 1 saturated carbocycles. The molecule has 2 aromatic carbocycles. The molecule has 6 heteroatoms. The maximum Gasteiger partial charge on any atom is 0.163 e. The molecule has 2 aromatic heterocycles. The Bertz CT molecular complexity index is 1450. The van der Waals surface area contributed by atoms with Gasteiger partial charge in [-0.25, -0.2) is 0 Å². The second-order valence-corrected chi connectivity index (χ2v) is 10.4. The van der Waals surface area contributed by atoms with Crippen molar-refractivity contribution < 1.29 is 9.90 Å². The van der Waals surface area contributed by atoms with E-state index in [4.69, 9.17) is 4.99 Å². The van der Waals surface area contributed by atoms with Gasteiger partial charge in [0, 0.05) is 46.6 Å². The van der Waals surface area contributed by atoms with E-state index < -0.39 is 5.60 Å². The second kappa shape index (κ2) is 9.10. The van der Waals surface area contributed by atoms with Crippen molar-refractivity contribution in [3.63, 3.8) is 0 Å². The molecule has 2 aliphatic rings. The Kier molecular flexibility index (Phi) is 5.76. The quantitative estimate of drug-likeness (QED) is 0.382. The summed E-state index contributed by atoms with van der Waals surface area (Å²) < 4.78 is 1.86. The number of hydrogen-bond acceptors (Lipinski definition) is 5. The van der Waals surface area contributed by atoms with Crippen molar-refractivity contribution >= 4 is 22.4 Å². The first-order valence-electron chi connectivity index (χ1n) is 12.7. The number of hydrogen-bond donors (Lipinski definition) is 1. The van der Waals surface area contributed by atoms with Crippen LogP contribution < -0.4 is 0 Å². The van der Waals surface area contributed by atoms with Crippen molar-refractivity contribution in [2.24, 2.45) is 10.9 Å². The van der Waals surface area contributed by atoms with E-state index >= 15 is 0 Å². The zero-order valence-electron chi connectivity index (χ0n) is 20.5. The van der Waals surface area contributed by atoms with Gasteiger partial charge < -0.3 is 5.11 Å². The number of aliphatic hydroxyl groups is 1. The van der Waals surface area contributed by atoms with Gasteiger partial charge in [0.1, 0.15) is 0 Å². The van der Waals surface area contributed by atoms with Crippen LogP contribution in [0.4, 0.5) is 0 Å². The lowest BCUT2D eigenvalue weighted by molar-refractivity contribution is -0.0325. The fraction of sp³-hybridized carbons (Fsp3) is 0.333. The number of fused-ring (bicyclic) bond motifs is 2. The molecular formula is C30H30N4O2. The molecule has 0 amide bonds. The average molecular weight is 479 g/mol. The van der Waals surface area contributed by atoms with E-state index in [0.29, 0.717) is 25.9 Å². The molecule has 0 saturated heterocycles. The molecule has 2 atom stereocenters. The van der Waals surface area contributed by atoms with Crippen LogP contribution >= 0.6 is 0 Å². The Hall–Kier alpha value is -3.64. The average Bonchev–Trinajstić information content (AvgIpc) is 3.46. The van der Waals surface area contributed by atoms with Crippen LogP contribution in [0.1, 0.15) is 64.8 Å². The lowest BCUT2D eigenvalue weighted by Crippen LogP contribution is -2.40. The number of Topliss-reactive ketones (excluding diaryl/α,β-unsaturated/α-hetero) is 1. The Morgan fingerprint density at radius 1 is 1.17 bits per heavy atom. The number of nitrogens with zero attached hydrogens (tertiary/aromatic N) is 4. The molecule has 0 spiro atoms. The first-order valence-corrected chi connectivity index (χ1v) is 12.7. The standard InChI is InChI=1S/C30H30N4O2/c1-20-13-23(10-12-31-20)29-26-15-22(8-9-24(26)17-32-29)28(35)14-21-5-4-11-30(36,16-21)19-34-18-25-6-2-3-7-27(25)33-34/h2-3,6-10,12-13,15,18,21,36H,4-5,11,14,16-17,19H2,1H3/t21-,30+/m0/s1. The molecular weight excluding hydrogens is 448 g/mol. The van der Waals surface area contributed by atoms with Gasteiger partial charge in [0.05, 0.1) is 29.9 Å². The van der Waals surface area contributed by atoms with Gasteiger partial charge in [0.25, 0.3) is 0 Å². The number of aliphatic imine (C=N–C) groups is 1. The van der Waals surface area contributed by atoms with Gasteiger partial charge in [0.2, 0.25) is 0 Å². The Morgan fingerprint density at radius 3 is 2.92 bits per heavy atom. The van der Waals surface area contributed by atoms with Crippen LogP contribution in [0.3, 0.4) is 0 Å². The summed E-state index contributed by atoms with van der Waals surface area (Å²) in [6, 6.07) is 18.0. The summed E-state index contributed by atoms with van der Waals surface area (Å²) in [5, 5.41) is 17.1. The van der Waals surface area contributed by atoms with Crippen LogP contribution in [-0.4, -0.2) is 37.0 Å². The van der Waals surface area contributed by atoms with Crippen molar-refractivity contribution in [2.45, 2.75) is 57.7 Å². The molecule has 4 aromatic rings. The fourth-order valence-electron chi connectivity index (χ4n) is 5.85. The Labute approximate surface area is 210 Å². The number of carbonyl (C=O) groups is 1. The molecule has 0 unspecified atom stereocenters. The van der Waals surface area contributed by atoms with Crippen LogP contribution in [-0.2, 0) is 13.1 Å². The van der Waals surface area contributed by atoms with Crippen LogP contribution in [0.5, 0.6) is 0 Å². The van der Waals surface area contributed by atoms with Crippen LogP contribution in [0.25, 0.3) is 10.9 Å². The van der Waals surface area contributed by atoms with E-state index in [-0.39, 0.29) is 11.7 Å². The van der Waals surface area contributed by atoms with Gasteiger partial charge in [0.15, 0.2) is 5.78 Å². The molecule has 0 bridgehead atoms. The van der Waals surface area contributed by atoms with Gasteiger partial charge in [-0.15, -0.1) is 0 Å². The summed E-state index contributed by atoms with van der Waals surface area (Å²) in [5.41, 5.74) is 5.92. The first kappa shape index (κ1) is 22.8. The number of aromatic nitrogens is 3. The van der Waals surface area contributed by atoms with Gasteiger partial charge >= 0.3 is 0 Å². The number of rotatable bonds is 6. The summed E-state index contributed by atoms with van der Waals surface area (Å²) in [7, 11) is 0. The highest BCUT2D eigenvalue weighted by atomic mass is 16.3. The zero-order valence-corrected chi connectivity index (χ0v) is 20.5. The number of carbonyl (C=O) groups excluding carboxylic acids is 1. The lowest BCUT2D eigenvalue weighted by Gasteiger charge is -2.36. The van der Waals surface area contributed by atoms with Crippen molar-refractivity contribution in [1.29, 1.82) is 0 Å². The first-order chi connectivity index (χ1) is 17.5. The molecule has 1 N–H and O–H groups in total. The largest absolute Gasteiger partial charge is 0.388 e. The summed E-state index contributed by atoms with van der Waals surface area (Å²) in [5.74, 6) is 0.291. The molecule has 6 nitrogen and oxygen atoms in total. The van der Waals surface area contributed by atoms with Gasteiger partial charge in [-0.2, -0.15) is 5.10 Å². The third kappa shape index (κ3) is 4.49. The number of pyridine rings is 1. The fourth-order valence-corrected chi connectivity index (χ4v) is 5.85. The Morgan fingerprint density at radius 2 is 2.06 bits per heavy atom. The molecule has 3 heterocycles. The highest BCUT2D eigenvalue weighted by Gasteiger charge is 2.36. The molecule has 6 rings (SSSR count). The van der Waals surface area contributed by atoms with Crippen molar-refractivity contribution in [3.8, 4) is 0 Å². The topological polar surface area (TPSA) is 80.4 Å². The summed E-state index contributed by atoms with van der Waals surface area (Å²) in [6.45, 7) is 3.06. The normalized spacial score (nSPS) is 21.4. The van der Waals surface area contributed by atoms with Crippen molar-refractivity contribution in [3.05, 3.63) is 94.9 Å². The SMILES string of the molecule is Cc1cc(C2=NCc3ccc(C(=O)C[C@@H]4CCC[C@](O)(Cn5cc6ccccc6n5)C4)cc32)ccn1. The third-order valence-electron chi connectivity index (χ3n) is 7.58. The predicted octanol–water partition coefficient (Wildman–Crippen LogP) is 5.29. The molecule has 1 fully saturated rings. The molecule has 1 aliphatic heterocycles. The Balaban J connectivity index is 1.16. The van der Waals surface area contributed by atoms with E-state index in [9.17, 15) is 9.90 Å². The summed E-state index contributed by atoms with van der Waals surface area (Å²) in [4.78, 5) is 22.4. The van der Waals surface area contributed by atoms with Crippen molar-refractivity contribution in [2.75, 3.05) is 0 Å². The molecule has 1 aliphatic carbocycles. The van der Waals surface area contributed by atoms with Gasteiger partial charge in [-0.1, -0.05) is 36.8 Å². The minimum atomic E-state index is -0.845. The van der Waals surface area contributed by atoms with E-state index in [1.165, 1.54) is 0 Å². The molecule has 0 radical (unpaired) electrons. The van der Waals surface area contributed by atoms with E-state index in [1.807, 2.05) is 72.4 Å². The van der Waals surface area contributed by atoms with Crippen LogP contribution in [0, 0.1) is 12.8 Å². The van der Waals surface area contributed by atoms with Crippen molar-refractivity contribution in [1.82, 2.24) is 14.8 Å². The number of ketones is 1. The highest BCUT2D eigenvalue weighted by Crippen LogP contribution is 2.36. The zero-order chi connectivity index (χ0) is 24.7. The maximum absolute atomic E-state index is 13.3. The van der Waals surface area contributed by atoms with E-state index in [2.05, 4.69) is 10.1 Å². The van der Waals surface area contributed by atoms with E-state index in [0.717, 1.165) is 63.8 Å². The monoisotopic (exact) mass is 478 g/mol. The minimum Gasteiger partial charge on any atom is -0.388 e. The number of benzene rings is 2. The van der Waals surface area contributed by atoms with Gasteiger partial charge in [-0.05, 0) is 61.9 Å². The highest BCUT2D eigenvalue weighted by molar-refractivity contribution is 6.16.